The third-order valence-corrected chi connectivity index (χ3v) is 5.07. The van der Waals surface area contributed by atoms with Crippen molar-refractivity contribution in [3.8, 4) is 0 Å². The highest BCUT2D eigenvalue weighted by atomic mass is 16.4. The van der Waals surface area contributed by atoms with Crippen molar-refractivity contribution < 1.29 is 4.42 Å². The molecule has 2 fully saturated rings. The molecule has 1 aliphatic heterocycles. The standard InChI is InChI=1S/C16H26N8O/c1-3-7-24-14(17-20-21-24)10-23-8-6-13(9-23)22(2)11-15-18-19-16(25-15)12-4-5-12/h12-13H,3-11H2,1-2H3/t13-/m1/s1. The van der Waals surface area contributed by atoms with E-state index in [1.807, 2.05) is 4.68 Å². The Bertz CT molecular complexity index is 694. The number of rotatable bonds is 8. The minimum Gasteiger partial charge on any atom is -0.424 e. The van der Waals surface area contributed by atoms with E-state index in [4.69, 9.17) is 4.42 Å². The van der Waals surface area contributed by atoms with Gasteiger partial charge in [-0.1, -0.05) is 6.92 Å². The number of hydrogen-bond acceptors (Lipinski definition) is 8. The van der Waals surface area contributed by atoms with E-state index >= 15 is 0 Å². The first-order chi connectivity index (χ1) is 12.2. The van der Waals surface area contributed by atoms with Gasteiger partial charge in [0, 0.05) is 31.6 Å². The maximum Gasteiger partial charge on any atom is 0.230 e. The summed E-state index contributed by atoms with van der Waals surface area (Å²) in [5.41, 5.74) is 0. The molecule has 4 rings (SSSR count). The second-order valence-corrected chi connectivity index (χ2v) is 7.22. The van der Waals surface area contributed by atoms with Gasteiger partial charge >= 0.3 is 0 Å². The molecular weight excluding hydrogens is 320 g/mol. The van der Waals surface area contributed by atoms with E-state index in [1.54, 1.807) is 0 Å². The third kappa shape index (κ3) is 3.87. The van der Waals surface area contributed by atoms with Crippen molar-refractivity contribution in [3.05, 3.63) is 17.6 Å². The second-order valence-electron chi connectivity index (χ2n) is 7.22. The molecule has 3 heterocycles. The molecule has 0 N–H and O–H groups in total. The Labute approximate surface area is 147 Å². The molecule has 9 heteroatoms. The van der Waals surface area contributed by atoms with Crippen molar-refractivity contribution in [2.24, 2.45) is 0 Å². The van der Waals surface area contributed by atoms with Gasteiger partial charge in [-0.25, -0.2) is 4.68 Å². The number of likely N-dealkylation sites (N-methyl/N-ethyl adjacent to an activating group) is 1. The summed E-state index contributed by atoms with van der Waals surface area (Å²) in [5, 5.41) is 20.4. The van der Waals surface area contributed by atoms with Crippen molar-refractivity contribution in [1.82, 2.24) is 40.2 Å². The first-order valence-electron chi connectivity index (χ1n) is 9.23. The number of likely N-dealkylation sites (tertiary alicyclic amines) is 1. The fourth-order valence-electron chi connectivity index (χ4n) is 3.41. The van der Waals surface area contributed by atoms with Crippen LogP contribution in [0.1, 0.15) is 56.1 Å². The number of nitrogens with zero attached hydrogens (tertiary/aromatic N) is 8. The lowest BCUT2D eigenvalue weighted by molar-refractivity contribution is 0.202. The van der Waals surface area contributed by atoms with E-state index in [0.717, 1.165) is 56.6 Å². The first-order valence-corrected chi connectivity index (χ1v) is 9.23. The minimum atomic E-state index is 0.492. The lowest BCUT2D eigenvalue weighted by Crippen LogP contribution is -2.34. The molecule has 0 spiro atoms. The zero-order valence-corrected chi connectivity index (χ0v) is 15.0. The molecular formula is C16H26N8O. The van der Waals surface area contributed by atoms with Crippen LogP contribution < -0.4 is 0 Å². The van der Waals surface area contributed by atoms with Gasteiger partial charge in [0.05, 0.1) is 13.1 Å². The minimum absolute atomic E-state index is 0.492. The summed E-state index contributed by atoms with van der Waals surface area (Å²) in [4.78, 5) is 4.74. The quantitative estimate of drug-likeness (QED) is 0.701. The van der Waals surface area contributed by atoms with E-state index in [0.29, 0.717) is 18.5 Å². The Morgan fingerprint density at radius 2 is 2.08 bits per heavy atom. The summed E-state index contributed by atoms with van der Waals surface area (Å²) in [6.45, 7) is 6.61. The molecule has 1 saturated carbocycles. The molecule has 0 bridgehead atoms. The zero-order valence-electron chi connectivity index (χ0n) is 15.0. The molecule has 0 unspecified atom stereocenters. The lowest BCUT2D eigenvalue weighted by atomic mass is 10.2. The predicted molar refractivity (Wildman–Crippen MR) is 89.5 cm³/mol. The second kappa shape index (κ2) is 7.17. The van der Waals surface area contributed by atoms with Gasteiger partial charge in [-0.05, 0) is 43.2 Å². The van der Waals surface area contributed by atoms with E-state index in [2.05, 4.69) is 49.5 Å². The van der Waals surface area contributed by atoms with Crippen LogP contribution in [0.15, 0.2) is 4.42 Å². The highest BCUT2D eigenvalue weighted by Gasteiger charge is 2.31. The van der Waals surface area contributed by atoms with E-state index in [9.17, 15) is 0 Å². The zero-order chi connectivity index (χ0) is 17.2. The highest BCUT2D eigenvalue weighted by molar-refractivity contribution is 5.00. The molecule has 2 aromatic rings. The van der Waals surface area contributed by atoms with Crippen LogP contribution in [-0.2, 0) is 19.6 Å². The van der Waals surface area contributed by atoms with Gasteiger partial charge < -0.3 is 4.42 Å². The Kier molecular flexibility index (Phi) is 4.76. The Morgan fingerprint density at radius 3 is 2.88 bits per heavy atom. The molecule has 0 aromatic carbocycles. The summed E-state index contributed by atoms with van der Waals surface area (Å²) in [7, 11) is 2.14. The largest absolute Gasteiger partial charge is 0.424 e. The van der Waals surface area contributed by atoms with Gasteiger partial charge in [-0.2, -0.15) is 0 Å². The van der Waals surface area contributed by atoms with Crippen molar-refractivity contribution in [3.63, 3.8) is 0 Å². The van der Waals surface area contributed by atoms with Crippen LogP contribution >= 0.6 is 0 Å². The first kappa shape index (κ1) is 16.6. The highest BCUT2D eigenvalue weighted by Crippen LogP contribution is 2.39. The topological polar surface area (TPSA) is 89.0 Å². The van der Waals surface area contributed by atoms with Gasteiger partial charge in [0.1, 0.15) is 0 Å². The average Bonchev–Trinajstić information content (AvgIpc) is 2.99. The van der Waals surface area contributed by atoms with Gasteiger partial charge in [0.2, 0.25) is 11.8 Å². The van der Waals surface area contributed by atoms with Crippen LogP contribution in [0.3, 0.4) is 0 Å². The van der Waals surface area contributed by atoms with Gasteiger partial charge in [-0.3, -0.25) is 9.80 Å². The maximum atomic E-state index is 5.79. The van der Waals surface area contributed by atoms with Crippen molar-refractivity contribution >= 4 is 0 Å². The van der Waals surface area contributed by atoms with Crippen LogP contribution in [-0.4, -0.2) is 66.4 Å². The van der Waals surface area contributed by atoms with Crippen molar-refractivity contribution in [1.29, 1.82) is 0 Å². The van der Waals surface area contributed by atoms with Crippen LogP contribution in [0.25, 0.3) is 0 Å². The summed E-state index contributed by atoms with van der Waals surface area (Å²) >= 11 is 0. The molecule has 0 radical (unpaired) electrons. The van der Waals surface area contributed by atoms with Gasteiger partial charge in [0.25, 0.3) is 0 Å². The summed E-state index contributed by atoms with van der Waals surface area (Å²) in [6, 6.07) is 0.492. The van der Waals surface area contributed by atoms with Crippen molar-refractivity contribution in [2.45, 2.75) is 64.2 Å². The van der Waals surface area contributed by atoms with E-state index in [-0.39, 0.29) is 0 Å². The summed E-state index contributed by atoms with van der Waals surface area (Å²) in [5.74, 6) is 3.02. The molecule has 0 amide bonds. The lowest BCUT2D eigenvalue weighted by Gasteiger charge is -2.23. The fraction of sp³-hybridized carbons (Fsp3) is 0.812. The number of tetrazole rings is 1. The van der Waals surface area contributed by atoms with Crippen LogP contribution in [0, 0.1) is 0 Å². The molecule has 25 heavy (non-hydrogen) atoms. The molecule has 136 valence electrons. The average molecular weight is 346 g/mol. The Balaban J connectivity index is 1.29. The van der Waals surface area contributed by atoms with Crippen LogP contribution in [0.2, 0.25) is 0 Å². The van der Waals surface area contributed by atoms with Crippen LogP contribution in [0.5, 0.6) is 0 Å². The third-order valence-electron chi connectivity index (χ3n) is 5.07. The number of aryl methyl sites for hydroxylation is 1. The molecule has 1 atom stereocenters. The molecule has 2 aromatic heterocycles. The predicted octanol–water partition coefficient (Wildman–Crippen LogP) is 1.05. The Morgan fingerprint density at radius 1 is 1.20 bits per heavy atom. The molecule has 1 saturated heterocycles. The number of aromatic nitrogens is 6. The molecule has 1 aliphatic carbocycles. The maximum absolute atomic E-state index is 5.79. The van der Waals surface area contributed by atoms with Crippen molar-refractivity contribution in [2.75, 3.05) is 20.1 Å². The normalized spacial score (nSPS) is 21.5. The fourth-order valence-corrected chi connectivity index (χ4v) is 3.41. The monoisotopic (exact) mass is 346 g/mol. The molecule has 2 aliphatic rings. The van der Waals surface area contributed by atoms with Gasteiger partial charge in [0.15, 0.2) is 5.82 Å². The van der Waals surface area contributed by atoms with Gasteiger partial charge in [-0.15, -0.1) is 15.3 Å². The number of hydrogen-bond donors (Lipinski definition) is 0. The smallest absolute Gasteiger partial charge is 0.230 e. The molecule has 9 nitrogen and oxygen atoms in total. The summed E-state index contributed by atoms with van der Waals surface area (Å²) < 4.78 is 7.70. The van der Waals surface area contributed by atoms with E-state index in [1.165, 1.54) is 12.8 Å². The van der Waals surface area contributed by atoms with Crippen LogP contribution in [0.4, 0.5) is 0 Å². The summed E-state index contributed by atoms with van der Waals surface area (Å²) in [6.07, 6.45) is 4.55. The Hall–Kier alpha value is -1.87. The van der Waals surface area contributed by atoms with E-state index < -0.39 is 0 Å². The SMILES string of the molecule is CCCn1nnnc1CN1CC[C@@H](N(C)Cc2nnc(C3CC3)o2)C1.